The summed E-state index contributed by atoms with van der Waals surface area (Å²) in [6.07, 6.45) is 4.53. The van der Waals surface area contributed by atoms with Gasteiger partial charge in [0, 0.05) is 12.7 Å². The van der Waals surface area contributed by atoms with Crippen LogP contribution in [0, 0.1) is 0 Å². The number of nitrogens with zero attached hydrogens (tertiary/aromatic N) is 3. The summed E-state index contributed by atoms with van der Waals surface area (Å²) in [5.74, 6) is 0. The molecule has 1 N–H and O–H groups in total. The first-order valence-corrected chi connectivity index (χ1v) is 7.01. The van der Waals surface area contributed by atoms with Crippen molar-refractivity contribution in [2.75, 3.05) is 6.54 Å². The molecule has 2 aromatic rings. The number of aryl methyl sites for hydroxylation is 1. The van der Waals surface area contributed by atoms with Crippen molar-refractivity contribution >= 4 is 11.6 Å². The maximum absolute atomic E-state index is 6.31. The highest BCUT2D eigenvalue weighted by Crippen LogP contribution is 2.27. The quantitative estimate of drug-likeness (QED) is 0.883. The number of nitrogens with one attached hydrogen (secondary N) is 1. The standard InChI is InChI=1S/C14H19ClN4/c1-3-9-19-14(11(15)10-18-19)13(16-4-2)12-7-5-6-8-17-12/h5-8,10,13,16H,3-4,9H2,1-2H3. The monoisotopic (exact) mass is 278 g/mol. The first kappa shape index (κ1) is 14.0. The van der Waals surface area contributed by atoms with Crippen molar-refractivity contribution in [3.05, 3.63) is 47.0 Å². The molecule has 4 nitrogen and oxygen atoms in total. The third kappa shape index (κ3) is 3.14. The number of rotatable bonds is 6. The molecule has 0 saturated heterocycles. The van der Waals surface area contributed by atoms with Gasteiger partial charge >= 0.3 is 0 Å². The Morgan fingerprint density at radius 3 is 2.84 bits per heavy atom. The van der Waals surface area contributed by atoms with Gasteiger partial charge in [0.15, 0.2) is 0 Å². The molecule has 0 amide bonds. The van der Waals surface area contributed by atoms with E-state index in [1.165, 1.54) is 0 Å². The Kier molecular flexibility index (Phi) is 4.93. The first-order chi connectivity index (χ1) is 9.27. The molecule has 0 aliphatic carbocycles. The van der Waals surface area contributed by atoms with Crippen molar-refractivity contribution in [2.45, 2.75) is 32.9 Å². The molecule has 19 heavy (non-hydrogen) atoms. The van der Waals surface area contributed by atoms with Crippen LogP contribution < -0.4 is 5.32 Å². The van der Waals surface area contributed by atoms with Crippen molar-refractivity contribution in [1.82, 2.24) is 20.1 Å². The third-order valence-electron chi connectivity index (χ3n) is 2.93. The smallest absolute Gasteiger partial charge is 0.0937 e. The van der Waals surface area contributed by atoms with Crippen LogP contribution in [0.4, 0.5) is 0 Å². The molecule has 2 heterocycles. The number of hydrogen-bond donors (Lipinski definition) is 1. The van der Waals surface area contributed by atoms with Gasteiger partial charge in [0.05, 0.1) is 28.6 Å². The second-order valence-electron chi connectivity index (χ2n) is 4.35. The lowest BCUT2D eigenvalue weighted by molar-refractivity contribution is 0.514. The number of hydrogen-bond acceptors (Lipinski definition) is 3. The SMILES string of the molecule is CCCn1ncc(Cl)c1C(NCC)c1ccccn1. The van der Waals surface area contributed by atoms with Gasteiger partial charge in [-0.2, -0.15) is 5.10 Å². The Morgan fingerprint density at radius 2 is 2.21 bits per heavy atom. The van der Waals surface area contributed by atoms with Crippen molar-refractivity contribution in [3.63, 3.8) is 0 Å². The zero-order valence-electron chi connectivity index (χ0n) is 11.3. The second kappa shape index (κ2) is 6.68. The molecule has 102 valence electrons. The maximum atomic E-state index is 6.31. The van der Waals surface area contributed by atoms with E-state index in [4.69, 9.17) is 11.6 Å². The largest absolute Gasteiger partial charge is 0.304 e. The molecule has 0 bridgehead atoms. The van der Waals surface area contributed by atoms with Crippen LogP contribution in [0.15, 0.2) is 30.6 Å². The molecule has 0 aliphatic rings. The van der Waals surface area contributed by atoms with Crippen LogP contribution in [0.5, 0.6) is 0 Å². The van der Waals surface area contributed by atoms with Crippen molar-refractivity contribution in [2.24, 2.45) is 0 Å². The fourth-order valence-corrected chi connectivity index (χ4v) is 2.39. The minimum atomic E-state index is -0.0206. The predicted octanol–water partition coefficient (Wildman–Crippen LogP) is 3.04. The summed E-state index contributed by atoms with van der Waals surface area (Å²) in [4.78, 5) is 4.43. The molecular weight excluding hydrogens is 260 g/mol. The van der Waals surface area contributed by atoms with Gasteiger partial charge in [-0.1, -0.05) is 31.5 Å². The molecule has 0 radical (unpaired) electrons. The Bertz CT molecular complexity index is 509. The molecule has 1 atom stereocenters. The third-order valence-corrected chi connectivity index (χ3v) is 3.23. The van der Waals surface area contributed by atoms with E-state index in [1.807, 2.05) is 22.9 Å². The van der Waals surface area contributed by atoms with Gasteiger partial charge in [0.1, 0.15) is 0 Å². The van der Waals surface area contributed by atoms with Crippen molar-refractivity contribution < 1.29 is 0 Å². The summed E-state index contributed by atoms with van der Waals surface area (Å²) in [7, 11) is 0. The van der Waals surface area contributed by atoms with Crippen LogP contribution in [-0.4, -0.2) is 21.3 Å². The van der Waals surface area contributed by atoms with E-state index in [9.17, 15) is 0 Å². The van der Waals surface area contributed by atoms with Crippen LogP contribution in [-0.2, 0) is 6.54 Å². The van der Waals surface area contributed by atoms with E-state index in [2.05, 4.69) is 29.2 Å². The van der Waals surface area contributed by atoms with Crippen LogP contribution in [0.2, 0.25) is 5.02 Å². The minimum absolute atomic E-state index is 0.0206. The van der Waals surface area contributed by atoms with Crippen molar-refractivity contribution in [1.29, 1.82) is 0 Å². The fourth-order valence-electron chi connectivity index (χ4n) is 2.14. The van der Waals surface area contributed by atoms with E-state index < -0.39 is 0 Å². The summed E-state index contributed by atoms with van der Waals surface area (Å²) in [5, 5.41) is 8.47. The highest BCUT2D eigenvalue weighted by atomic mass is 35.5. The van der Waals surface area contributed by atoms with Gasteiger partial charge < -0.3 is 5.32 Å². The van der Waals surface area contributed by atoms with Gasteiger partial charge in [-0.15, -0.1) is 0 Å². The molecule has 1 unspecified atom stereocenters. The molecule has 5 heteroatoms. The van der Waals surface area contributed by atoms with Gasteiger partial charge in [0.25, 0.3) is 0 Å². The normalized spacial score (nSPS) is 12.6. The molecule has 0 spiro atoms. The van der Waals surface area contributed by atoms with Gasteiger partial charge in [-0.25, -0.2) is 0 Å². The molecule has 0 aromatic carbocycles. The molecular formula is C14H19ClN4. The van der Waals surface area contributed by atoms with Crippen molar-refractivity contribution in [3.8, 4) is 0 Å². The first-order valence-electron chi connectivity index (χ1n) is 6.63. The lowest BCUT2D eigenvalue weighted by Crippen LogP contribution is -2.26. The van der Waals surface area contributed by atoms with Crippen LogP contribution in [0.3, 0.4) is 0 Å². The Hall–Kier alpha value is -1.39. The topological polar surface area (TPSA) is 42.7 Å². The summed E-state index contributed by atoms with van der Waals surface area (Å²) in [6.45, 7) is 5.90. The van der Waals surface area contributed by atoms with Gasteiger partial charge in [-0.05, 0) is 25.1 Å². The van der Waals surface area contributed by atoms with E-state index >= 15 is 0 Å². The number of aromatic nitrogens is 3. The number of halogens is 1. The molecule has 0 aliphatic heterocycles. The van der Waals surface area contributed by atoms with E-state index in [1.54, 1.807) is 12.4 Å². The van der Waals surface area contributed by atoms with E-state index in [-0.39, 0.29) is 6.04 Å². The molecule has 0 fully saturated rings. The maximum Gasteiger partial charge on any atom is 0.0937 e. The van der Waals surface area contributed by atoms with Crippen LogP contribution in [0.1, 0.15) is 37.7 Å². The molecule has 2 rings (SSSR count). The number of pyridine rings is 1. The van der Waals surface area contributed by atoms with Crippen LogP contribution in [0.25, 0.3) is 0 Å². The average molecular weight is 279 g/mol. The van der Waals surface area contributed by atoms with Gasteiger partial charge in [0.2, 0.25) is 0 Å². The molecule has 0 saturated carbocycles. The highest BCUT2D eigenvalue weighted by molar-refractivity contribution is 6.31. The zero-order valence-corrected chi connectivity index (χ0v) is 12.1. The lowest BCUT2D eigenvalue weighted by Gasteiger charge is -2.19. The summed E-state index contributed by atoms with van der Waals surface area (Å²) >= 11 is 6.31. The van der Waals surface area contributed by atoms with E-state index in [0.29, 0.717) is 5.02 Å². The summed E-state index contributed by atoms with van der Waals surface area (Å²) < 4.78 is 1.96. The van der Waals surface area contributed by atoms with E-state index in [0.717, 1.165) is 30.9 Å². The summed E-state index contributed by atoms with van der Waals surface area (Å²) in [5.41, 5.74) is 1.95. The lowest BCUT2D eigenvalue weighted by atomic mass is 10.1. The Balaban J connectivity index is 2.42. The zero-order chi connectivity index (χ0) is 13.7. The second-order valence-corrected chi connectivity index (χ2v) is 4.75. The highest BCUT2D eigenvalue weighted by Gasteiger charge is 2.22. The Morgan fingerprint density at radius 1 is 1.37 bits per heavy atom. The van der Waals surface area contributed by atoms with Gasteiger partial charge in [-0.3, -0.25) is 9.67 Å². The minimum Gasteiger partial charge on any atom is -0.304 e. The Labute approximate surface area is 118 Å². The molecule has 2 aromatic heterocycles. The average Bonchev–Trinajstić information content (AvgIpc) is 2.79. The fraction of sp³-hybridized carbons (Fsp3) is 0.429. The summed E-state index contributed by atoms with van der Waals surface area (Å²) in [6, 6.07) is 5.89. The predicted molar refractivity (Wildman–Crippen MR) is 77.3 cm³/mol. The van der Waals surface area contributed by atoms with Crippen LogP contribution >= 0.6 is 11.6 Å².